The maximum Gasteiger partial charge on any atom is 0.310 e. The van der Waals surface area contributed by atoms with Crippen LogP contribution in [0, 0.1) is 0 Å². The Hall–Kier alpha value is -0.990. The zero-order chi connectivity index (χ0) is 12.9. The molecule has 0 bridgehead atoms. The summed E-state index contributed by atoms with van der Waals surface area (Å²) in [6, 6.07) is 0. The van der Waals surface area contributed by atoms with Crippen LogP contribution in [-0.2, 0) is 9.53 Å². The lowest BCUT2D eigenvalue weighted by atomic mass is 10.1. The van der Waals surface area contributed by atoms with Crippen molar-refractivity contribution in [2.45, 2.75) is 71.6 Å². The number of allylic oxidation sites excluding steroid dienone is 1. The molecule has 0 saturated carbocycles. The zero-order valence-electron chi connectivity index (χ0n) is 11.2. The molecule has 0 saturated heterocycles. The summed E-state index contributed by atoms with van der Waals surface area (Å²) in [7, 11) is 0. The van der Waals surface area contributed by atoms with E-state index in [2.05, 4.69) is 11.7 Å². The van der Waals surface area contributed by atoms with Crippen LogP contribution < -0.4 is 0 Å². The number of hydrogen-bond acceptors (Lipinski definition) is 3. The molecule has 0 radical (unpaired) electrons. The van der Waals surface area contributed by atoms with E-state index in [1.807, 2.05) is 0 Å². The van der Waals surface area contributed by atoms with Gasteiger partial charge in [-0.1, -0.05) is 51.9 Å². The predicted molar refractivity (Wildman–Crippen MR) is 69.7 cm³/mol. The first-order chi connectivity index (χ1) is 8.16. The van der Waals surface area contributed by atoms with Crippen molar-refractivity contribution in [2.24, 2.45) is 0 Å². The SMILES string of the molecule is CCCCCCCCCC/C=C(\O)OC(C)=O. The van der Waals surface area contributed by atoms with Gasteiger partial charge in [0.05, 0.1) is 0 Å². The number of aliphatic hydroxyl groups excluding tert-OH is 1. The molecule has 0 aliphatic heterocycles. The van der Waals surface area contributed by atoms with Crippen LogP contribution in [0.1, 0.15) is 71.6 Å². The molecule has 0 atom stereocenters. The van der Waals surface area contributed by atoms with Crippen LogP contribution in [0.4, 0.5) is 0 Å². The fourth-order valence-electron chi connectivity index (χ4n) is 1.69. The molecular formula is C14H26O3. The van der Waals surface area contributed by atoms with E-state index in [4.69, 9.17) is 5.11 Å². The third-order valence-electron chi connectivity index (χ3n) is 2.62. The summed E-state index contributed by atoms with van der Waals surface area (Å²) in [5.74, 6) is -0.741. The number of unbranched alkanes of at least 4 members (excludes halogenated alkanes) is 8. The minimum Gasteiger partial charge on any atom is -0.481 e. The van der Waals surface area contributed by atoms with Crippen molar-refractivity contribution < 1.29 is 14.6 Å². The predicted octanol–water partition coefficient (Wildman–Crippen LogP) is 4.48. The van der Waals surface area contributed by atoms with Crippen LogP contribution >= 0.6 is 0 Å². The van der Waals surface area contributed by atoms with Gasteiger partial charge in [-0.05, 0) is 18.9 Å². The molecule has 0 aliphatic rings. The molecule has 0 aliphatic carbocycles. The second-order valence-corrected chi connectivity index (χ2v) is 4.40. The van der Waals surface area contributed by atoms with E-state index in [9.17, 15) is 4.79 Å². The van der Waals surface area contributed by atoms with E-state index in [1.165, 1.54) is 51.9 Å². The minimum atomic E-state index is -0.477. The summed E-state index contributed by atoms with van der Waals surface area (Å²) in [5.41, 5.74) is 0. The highest BCUT2D eigenvalue weighted by Crippen LogP contribution is 2.10. The van der Waals surface area contributed by atoms with E-state index >= 15 is 0 Å². The summed E-state index contributed by atoms with van der Waals surface area (Å²) >= 11 is 0. The molecule has 0 aromatic heterocycles. The highest BCUT2D eigenvalue weighted by atomic mass is 16.6. The van der Waals surface area contributed by atoms with Gasteiger partial charge in [-0.15, -0.1) is 0 Å². The largest absolute Gasteiger partial charge is 0.481 e. The van der Waals surface area contributed by atoms with Gasteiger partial charge >= 0.3 is 5.97 Å². The molecule has 0 amide bonds. The molecular weight excluding hydrogens is 216 g/mol. The van der Waals surface area contributed by atoms with Crippen LogP contribution in [0.3, 0.4) is 0 Å². The molecule has 1 N–H and O–H groups in total. The molecule has 0 unspecified atom stereocenters. The minimum absolute atomic E-state index is 0.263. The van der Waals surface area contributed by atoms with E-state index in [-0.39, 0.29) is 5.95 Å². The topological polar surface area (TPSA) is 46.5 Å². The number of esters is 1. The van der Waals surface area contributed by atoms with Crippen LogP contribution in [0.5, 0.6) is 0 Å². The van der Waals surface area contributed by atoms with E-state index in [0.29, 0.717) is 0 Å². The lowest BCUT2D eigenvalue weighted by Crippen LogP contribution is -1.97. The summed E-state index contributed by atoms with van der Waals surface area (Å²) in [4.78, 5) is 10.5. The summed E-state index contributed by atoms with van der Waals surface area (Å²) in [5, 5.41) is 9.14. The first-order valence-corrected chi connectivity index (χ1v) is 6.74. The van der Waals surface area contributed by atoms with Crippen LogP contribution in [0.2, 0.25) is 0 Å². The van der Waals surface area contributed by atoms with Gasteiger partial charge in [0.25, 0.3) is 5.95 Å². The number of aliphatic hydroxyl groups is 1. The molecule has 0 aromatic carbocycles. The summed E-state index contributed by atoms with van der Waals surface area (Å²) in [6.45, 7) is 3.50. The van der Waals surface area contributed by atoms with Crippen molar-refractivity contribution in [3.05, 3.63) is 12.0 Å². The normalized spacial score (nSPS) is 11.5. The molecule has 3 nitrogen and oxygen atoms in total. The van der Waals surface area contributed by atoms with E-state index < -0.39 is 5.97 Å². The second-order valence-electron chi connectivity index (χ2n) is 4.40. The Bertz CT molecular complexity index is 222. The van der Waals surface area contributed by atoms with Crippen LogP contribution in [0.15, 0.2) is 12.0 Å². The lowest BCUT2D eigenvalue weighted by Gasteiger charge is -2.01. The molecule has 0 spiro atoms. The number of ether oxygens (including phenoxy) is 1. The molecule has 0 fully saturated rings. The first-order valence-electron chi connectivity index (χ1n) is 6.74. The monoisotopic (exact) mass is 242 g/mol. The Kier molecular flexibility index (Phi) is 10.8. The Balaban J connectivity index is 3.25. The average molecular weight is 242 g/mol. The molecule has 0 heterocycles. The third kappa shape index (κ3) is 12.9. The fourth-order valence-corrected chi connectivity index (χ4v) is 1.69. The third-order valence-corrected chi connectivity index (χ3v) is 2.62. The first kappa shape index (κ1) is 16.0. The van der Waals surface area contributed by atoms with Gasteiger partial charge in [0.15, 0.2) is 0 Å². The molecule has 17 heavy (non-hydrogen) atoms. The fraction of sp³-hybridized carbons (Fsp3) is 0.786. The van der Waals surface area contributed by atoms with Crippen molar-refractivity contribution in [1.82, 2.24) is 0 Å². The average Bonchev–Trinajstić information content (AvgIpc) is 2.26. The van der Waals surface area contributed by atoms with Gasteiger partial charge in [0.2, 0.25) is 0 Å². The highest BCUT2D eigenvalue weighted by molar-refractivity contribution is 5.66. The van der Waals surface area contributed by atoms with Crippen molar-refractivity contribution in [2.75, 3.05) is 0 Å². The Labute approximate surface area is 105 Å². The maximum atomic E-state index is 10.5. The second kappa shape index (κ2) is 11.5. The van der Waals surface area contributed by atoms with Crippen LogP contribution in [0.25, 0.3) is 0 Å². The lowest BCUT2D eigenvalue weighted by molar-refractivity contribution is -0.140. The standard InChI is InChI=1S/C14H26O3/c1-3-4-5-6-7-8-9-10-11-12-14(16)17-13(2)15/h12,16H,3-11H2,1-2H3/b14-12+. The van der Waals surface area contributed by atoms with E-state index in [0.717, 1.165) is 12.8 Å². The zero-order valence-corrected chi connectivity index (χ0v) is 11.2. The van der Waals surface area contributed by atoms with Crippen LogP contribution in [-0.4, -0.2) is 11.1 Å². The smallest absolute Gasteiger partial charge is 0.310 e. The maximum absolute atomic E-state index is 10.5. The molecule has 100 valence electrons. The Morgan fingerprint density at radius 1 is 1.06 bits per heavy atom. The van der Waals surface area contributed by atoms with Crippen molar-refractivity contribution in [3.63, 3.8) is 0 Å². The molecule has 0 rings (SSSR count). The summed E-state index contributed by atoms with van der Waals surface area (Å²) < 4.78 is 4.50. The van der Waals surface area contributed by atoms with Gasteiger partial charge in [0, 0.05) is 6.92 Å². The van der Waals surface area contributed by atoms with Crippen molar-refractivity contribution in [1.29, 1.82) is 0 Å². The highest BCUT2D eigenvalue weighted by Gasteiger charge is 1.97. The quantitative estimate of drug-likeness (QED) is 0.349. The van der Waals surface area contributed by atoms with Gasteiger partial charge in [0.1, 0.15) is 0 Å². The number of hydrogen-bond donors (Lipinski definition) is 1. The van der Waals surface area contributed by atoms with Gasteiger partial charge in [-0.3, -0.25) is 4.79 Å². The molecule has 3 heteroatoms. The number of carbonyl (C=O) groups excluding carboxylic acids is 1. The Morgan fingerprint density at radius 3 is 2.12 bits per heavy atom. The van der Waals surface area contributed by atoms with Crippen molar-refractivity contribution in [3.8, 4) is 0 Å². The van der Waals surface area contributed by atoms with Gasteiger partial charge in [-0.2, -0.15) is 0 Å². The summed E-state index contributed by atoms with van der Waals surface area (Å²) in [6.07, 6.45) is 12.4. The molecule has 0 aromatic rings. The van der Waals surface area contributed by atoms with E-state index in [1.54, 1.807) is 6.08 Å². The van der Waals surface area contributed by atoms with Gasteiger partial charge in [-0.25, -0.2) is 0 Å². The number of rotatable bonds is 10. The Morgan fingerprint density at radius 2 is 1.59 bits per heavy atom. The van der Waals surface area contributed by atoms with Gasteiger partial charge < -0.3 is 9.84 Å². The van der Waals surface area contributed by atoms with Crippen molar-refractivity contribution >= 4 is 5.97 Å². The number of carbonyl (C=O) groups is 1.